The van der Waals surface area contributed by atoms with Crippen LogP contribution in [0.5, 0.6) is 0 Å². The Balaban J connectivity index is 1.67. The second-order valence-corrected chi connectivity index (χ2v) is 5.54. The molecule has 0 saturated carbocycles. The van der Waals surface area contributed by atoms with Crippen LogP contribution < -0.4 is 5.43 Å². The van der Waals surface area contributed by atoms with E-state index in [9.17, 15) is 4.79 Å². The van der Waals surface area contributed by atoms with Gasteiger partial charge in [0.25, 0.3) is 5.91 Å². The summed E-state index contributed by atoms with van der Waals surface area (Å²) in [7, 11) is 0. The van der Waals surface area contributed by atoms with Crippen molar-refractivity contribution in [2.45, 2.75) is 0 Å². The highest BCUT2D eigenvalue weighted by Gasteiger charge is 2.10. The summed E-state index contributed by atoms with van der Waals surface area (Å²) in [6, 6.07) is 14.8. The van der Waals surface area contributed by atoms with Crippen molar-refractivity contribution in [3.8, 4) is 11.3 Å². The lowest BCUT2D eigenvalue weighted by molar-refractivity contribution is 0.0950. The minimum absolute atomic E-state index is 0.334. The fourth-order valence-electron chi connectivity index (χ4n) is 1.88. The van der Waals surface area contributed by atoms with Gasteiger partial charge < -0.3 is 0 Å². The summed E-state index contributed by atoms with van der Waals surface area (Å²) in [5.74, 6) is -0.368. The Morgan fingerprint density at radius 3 is 2.78 bits per heavy atom. The maximum atomic E-state index is 12.0. The molecule has 0 aliphatic carbocycles. The Hall–Kier alpha value is -2.80. The van der Waals surface area contributed by atoms with Crippen molar-refractivity contribution < 1.29 is 4.79 Å². The van der Waals surface area contributed by atoms with E-state index < -0.39 is 0 Å². The topological polar surface area (TPSA) is 83.0 Å². The van der Waals surface area contributed by atoms with E-state index in [2.05, 4.69) is 41.6 Å². The Morgan fingerprint density at radius 2 is 2.04 bits per heavy atom. The number of carbonyl (C=O) groups is 1. The molecule has 1 aromatic carbocycles. The molecule has 0 radical (unpaired) electrons. The van der Waals surface area contributed by atoms with Crippen LogP contribution in [0.2, 0.25) is 0 Å². The summed E-state index contributed by atoms with van der Waals surface area (Å²) in [6.07, 6.45) is 3.13. The largest absolute Gasteiger partial charge is 0.289 e. The van der Waals surface area contributed by atoms with Crippen LogP contribution >= 0.6 is 15.9 Å². The SMILES string of the molecule is O=C(N/N=C\c1ccccn1)c1cc(-c2ccc(Br)cc2)n[nH]1. The predicted octanol–water partition coefficient (Wildman–Crippen LogP) is 3.00. The molecule has 6 nitrogen and oxygen atoms in total. The van der Waals surface area contributed by atoms with Crippen molar-refractivity contribution >= 4 is 28.1 Å². The molecule has 23 heavy (non-hydrogen) atoms. The number of hydrazone groups is 1. The molecular weight excluding hydrogens is 358 g/mol. The van der Waals surface area contributed by atoms with Crippen LogP contribution in [0.25, 0.3) is 11.3 Å². The van der Waals surface area contributed by atoms with E-state index >= 15 is 0 Å². The van der Waals surface area contributed by atoms with Gasteiger partial charge in [0.2, 0.25) is 0 Å². The smallest absolute Gasteiger partial charge is 0.272 e. The molecular formula is C16H12BrN5O. The van der Waals surface area contributed by atoms with Crippen molar-refractivity contribution in [2.24, 2.45) is 5.10 Å². The highest BCUT2D eigenvalue weighted by molar-refractivity contribution is 9.10. The summed E-state index contributed by atoms with van der Waals surface area (Å²) in [6.45, 7) is 0. The Labute approximate surface area is 140 Å². The van der Waals surface area contributed by atoms with Gasteiger partial charge in [0.1, 0.15) is 5.69 Å². The summed E-state index contributed by atoms with van der Waals surface area (Å²) in [5.41, 5.74) is 5.04. The molecule has 3 aromatic rings. The Morgan fingerprint density at radius 1 is 1.22 bits per heavy atom. The van der Waals surface area contributed by atoms with Crippen molar-refractivity contribution in [2.75, 3.05) is 0 Å². The van der Waals surface area contributed by atoms with Crippen molar-refractivity contribution in [3.05, 3.63) is 70.6 Å². The lowest BCUT2D eigenvalue weighted by atomic mass is 10.1. The molecule has 2 heterocycles. The molecule has 0 unspecified atom stereocenters. The third kappa shape index (κ3) is 3.89. The Kier molecular flexibility index (Phi) is 4.58. The third-order valence-corrected chi connectivity index (χ3v) is 3.54. The average Bonchev–Trinajstić information content (AvgIpc) is 3.06. The first-order valence-corrected chi connectivity index (χ1v) is 7.57. The van der Waals surface area contributed by atoms with E-state index in [0.29, 0.717) is 17.1 Å². The molecule has 0 aliphatic heterocycles. The van der Waals surface area contributed by atoms with Gasteiger partial charge in [-0.3, -0.25) is 14.9 Å². The normalized spacial score (nSPS) is 10.8. The van der Waals surface area contributed by atoms with Gasteiger partial charge in [0, 0.05) is 16.2 Å². The fraction of sp³-hybridized carbons (Fsp3) is 0. The quantitative estimate of drug-likeness (QED) is 0.547. The Bertz CT molecular complexity index is 827. The van der Waals surface area contributed by atoms with Crippen LogP contribution in [0, 0.1) is 0 Å². The summed E-state index contributed by atoms with van der Waals surface area (Å²) < 4.78 is 0.985. The molecule has 3 rings (SSSR count). The summed E-state index contributed by atoms with van der Waals surface area (Å²) >= 11 is 3.38. The van der Waals surface area contributed by atoms with Crippen LogP contribution in [-0.4, -0.2) is 27.3 Å². The number of benzene rings is 1. The lowest BCUT2D eigenvalue weighted by Gasteiger charge is -1.96. The fourth-order valence-corrected chi connectivity index (χ4v) is 2.14. The second-order valence-electron chi connectivity index (χ2n) is 4.63. The third-order valence-electron chi connectivity index (χ3n) is 3.01. The van der Waals surface area contributed by atoms with Gasteiger partial charge >= 0.3 is 0 Å². The maximum Gasteiger partial charge on any atom is 0.289 e. The number of nitrogens with one attached hydrogen (secondary N) is 2. The molecule has 7 heteroatoms. The van der Waals surface area contributed by atoms with E-state index in [1.165, 1.54) is 6.21 Å². The van der Waals surface area contributed by atoms with Crippen LogP contribution in [0.3, 0.4) is 0 Å². The van der Waals surface area contributed by atoms with Gasteiger partial charge in [-0.1, -0.05) is 34.1 Å². The van der Waals surface area contributed by atoms with Gasteiger partial charge in [0.05, 0.1) is 17.6 Å². The van der Waals surface area contributed by atoms with Gasteiger partial charge in [0.15, 0.2) is 0 Å². The standard InChI is InChI=1S/C16H12BrN5O/c17-12-6-4-11(5-7-12)14-9-15(21-20-14)16(23)22-19-10-13-3-1-2-8-18-13/h1-10H,(H,20,21)(H,22,23)/b19-10-. The number of rotatable bonds is 4. The number of carbonyl (C=O) groups excluding carboxylic acids is 1. The molecule has 0 fully saturated rings. The van der Waals surface area contributed by atoms with Crippen LogP contribution in [0.4, 0.5) is 0 Å². The van der Waals surface area contributed by atoms with Crippen LogP contribution in [0.1, 0.15) is 16.2 Å². The number of halogens is 1. The number of nitrogens with zero attached hydrogens (tertiary/aromatic N) is 3. The van der Waals surface area contributed by atoms with Crippen molar-refractivity contribution in [1.29, 1.82) is 0 Å². The lowest BCUT2D eigenvalue weighted by Crippen LogP contribution is -2.18. The second kappa shape index (κ2) is 6.97. The zero-order chi connectivity index (χ0) is 16.1. The first-order chi connectivity index (χ1) is 11.2. The number of H-pyrrole nitrogens is 1. The predicted molar refractivity (Wildman–Crippen MR) is 91.0 cm³/mol. The van der Waals surface area contributed by atoms with Gasteiger partial charge in [-0.2, -0.15) is 10.2 Å². The summed E-state index contributed by atoms with van der Waals surface area (Å²) in [5, 5.41) is 10.7. The molecule has 0 aliphatic rings. The van der Waals surface area contributed by atoms with Crippen LogP contribution in [0.15, 0.2) is 64.3 Å². The number of aromatic nitrogens is 3. The van der Waals surface area contributed by atoms with Crippen molar-refractivity contribution in [3.63, 3.8) is 0 Å². The molecule has 114 valence electrons. The monoisotopic (exact) mass is 369 g/mol. The van der Waals surface area contributed by atoms with E-state index in [4.69, 9.17) is 0 Å². The number of hydrogen-bond donors (Lipinski definition) is 2. The minimum Gasteiger partial charge on any atom is -0.272 e. The average molecular weight is 370 g/mol. The number of aromatic amines is 1. The first-order valence-electron chi connectivity index (χ1n) is 6.78. The van der Waals surface area contributed by atoms with E-state index in [1.807, 2.05) is 36.4 Å². The number of hydrogen-bond acceptors (Lipinski definition) is 4. The molecule has 1 amide bonds. The maximum absolute atomic E-state index is 12.0. The molecule has 0 atom stereocenters. The van der Waals surface area contributed by atoms with E-state index in [-0.39, 0.29) is 5.91 Å². The molecule has 0 spiro atoms. The van der Waals surface area contributed by atoms with Crippen molar-refractivity contribution in [1.82, 2.24) is 20.6 Å². The minimum atomic E-state index is -0.368. The summed E-state index contributed by atoms with van der Waals surface area (Å²) in [4.78, 5) is 16.1. The number of pyridine rings is 1. The van der Waals surface area contributed by atoms with Crippen LogP contribution in [-0.2, 0) is 0 Å². The highest BCUT2D eigenvalue weighted by atomic mass is 79.9. The molecule has 0 saturated heterocycles. The zero-order valence-corrected chi connectivity index (χ0v) is 13.5. The highest BCUT2D eigenvalue weighted by Crippen LogP contribution is 2.20. The number of amides is 1. The van der Waals surface area contributed by atoms with Gasteiger partial charge in [-0.15, -0.1) is 0 Å². The van der Waals surface area contributed by atoms with Gasteiger partial charge in [-0.25, -0.2) is 5.43 Å². The zero-order valence-electron chi connectivity index (χ0n) is 11.9. The molecule has 2 N–H and O–H groups in total. The molecule has 2 aromatic heterocycles. The van der Waals surface area contributed by atoms with E-state index in [1.54, 1.807) is 18.3 Å². The van der Waals surface area contributed by atoms with Gasteiger partial charge in [-0.05, 0) is 30.3 Å². The molecule has 0 bridgehead atoms. The van der Waals surface area contributed by atoms with E-state index in [0.717, 1.165) is 10.0 Å². The first kappa shape index (κ1) is 15.1.